The number of thiazole rings is 1. The molecule has 1 atom stereocenters. The normalized spacial score (nSPS) is 20.0. The van der Waals surface area contributed by atoms with E-state index in [-0.39, 0.29) is 24.8 Å². The fraction of sp³-hybridized carbons (Fsp3) is 0.727. The molecular formula is C11H21Cl2N3OS. The highest BCUT2D eigenvalue weighted by molar-refractivity contribution is 7.09. The van der Waals surface area contributed by atoms with E-state index in [4.69, 9.17) is 4.74 Å². The molecule has 0 radical (unpaired) electrons. The largest absolute Gasteiger partial charge is 0.378 e. The van der Waals surface area contributed by atoms with Crippen LogP contribution in [0.2, 0.25) is 0 Å². The van der Waals surface area contributed by atoms with Crippen LogP contribution in [0.5, 0.6) is 0 Å². The van der Waals surface area contributed by atoms with Gasteiger partial charge in [0.1, 0.15) is 5.01 Å². The highest BCUT2D eigenvalue weighted by Crippen LogP contribution is 2.14. The van der Waals surface area contributed by atoms with Crippen LogP contribution >= 0.6 is 36.2 Å². The molecule has 2 heterocycles. The molecule has 1 saturated heterocycles. The highest BCUT2D eigenvalue weighted by atomic mass is 35.5. The number of hydrogen-bond donors (Lipinski definition) is 1. The Hall–Kier alpha value is 0.0900. The van der Waals surface area contributed by atoms with Crippen LogP contribution in [-0.4, -0.2) is 42.7 Å². The number of hydrogen-bond acceptors (Lipinski definition) is 5. The van der Waals surface area contributed by atoms with Crippen molar-refractivity contribution in [2.75, 3.05) is 26.7 Å². The smallest absolute Gasteiger partial charge is 0.119 e. The van der Waals surface area contributed by atoms with Crippen molar-refractivity contribution in [2.45, 2.75) is 26.1 Å². The maximum absolute atomic E-state index is 5.08. The van der Waals surface area contributed by atoms with Gasteiger partial charge in [0.05, 0.1) is 12.3 Å². The highest BCUT2D eigenvalue weighted by Gasteiger charge is 2.18. The first-order valence-corrected chi connectivity index (χ1v) is 6.54. The monoisotopic (exact) mass is 313 g/mol. The van der Waals surface area contributed by atoms with Crippen molar-refractivity contribution >= 4 is 36.2 Å². The van der Waals surface area contributed by atoms with E-state index >= 15 is 0 Å². The van der Waals surface area contributed by atoms with Crippen molar-refractivity contribution in [1.29, 1.82) is 0 Å². The molecule has 1 fully saturated rings. The van der Waals surface area contributed by atoms with Crippen molar-refractivity contribution in [3.63, 3.8) is 0 Å². The summed E-state index contributed by atoms with van der Waals surface area (Å²) in [4.78, 5) is 7.03. The van der Waals surface area contributed by atoms with Crippen molar-refractivity contribution in [3.05, 3.63) is 16.1 Å². The lowest BCUT2D eigenvalue weighted by Crippen LogP contribution is -2.49. The Kier molecular flexibility index (Phi) is 9.11. The molecule has 2 rings (SSSR count). The van der Waals surface area contributed by atoms with E-state index < -0.39 is 0 Å². The maximum atomic E-state index is 5.08. The molecule has 1 aliphatic heterocycles. The lowest BCUT2D eigenvalue weighted by molar-refractivity contribution is 0.163. The average molecular weight is 314 g/mol. The molecule has 0 aliphatic carbocycles. The number of methoxy groups -OCH3 is 1. The first-order valence-electron chi connectivity index (χ1n) is 5.66. The SMILES string of the molecule is COCc1nc(CN2CCNC[C@H]2C)cs1.Cl.Cl. The minimum atomic E-state index is 0. The molecule has 0 spiro atoms. The quantitative estimate of drug-likeness (QED) is 0.921. The van der Waals surface area contributed by atoms with Crippen LogP contribution in [0.3, 0.4) is 0 Å². The van der Waals surface area contributed by atoms with Gasteiger partial charge in [0.15, 0.2) is 0 Å². The molecule has 106 valence electrons. The summed E-state index contributed by atoms with van der Waals surface area (Å²) in [6.07, 6.45) is 0. The second-order valence-electron chi connectivity index (χ2n) is 4.19. The number of nitrogens with one attached hydrogen (secondary N) is 1. The van der Waals surface area contributed by atoms with Gasteiger partial charge in [-0.05, 0) is 6.92 Å². The van der Waals surface area contributed by atoms with Gasteiger partial charge in [-0.2, -0.15) is 0 Å². The van der Waals surface area contributed by atoms with E-state index in [1.807, 2.05) is 0 Å². The molecule has 0 saturated carbocycles. The van der Waals surface area contributed by atoms with Crippen LogP contribution in [0.4, 0.5) is 0 Å². The van der Waals surface area contributed by atoms with Gasteiger partial charge in [-0.3, -0.25) is 4.90 Å². The number of piperazine rings is 1. The molecule has 1 aromatic rings. The molecule has 7 heteroatoms. The summed E-state index contributed by atoms with van der Waals surface area (Å²) in [5, 5.41) is 6.61. The topological polar surface area (TPSA) is 37.4 Å². The third-order valence-corrected chi connectivity index (χ3v) is 3.74. The van der Waals surface area contributed by atoms with Crippen LogP contribution in [0.25, 0.3) is 0 Å². The van der Waals surface area contributed by atoms with Crippen molar-refractivity contribution in [2.24, 2.45) is 0 Å². The van der Waals surface area contributed by atoms with E-state index in [2.05, 4.69) is 27.5 Å². The van der Waals surface area contributed by atoms with Crippen molar-refractivity contribution in [3.8, 4) is 0 Å². The molecule has 0 amide bonds. The van der Waals surface area contributed by atoms with Crippen LogP contribution in [0.15, 0.2) is 5.38 Å². The number of nitrogens with zero attached hydrogens (tertiary/aromatic N) is 2. The van der Waals surface area contributed by atoms with Gasteiger partial charge < -0.3 is 10.1 Å². The summed E-state index contributed by atoms with van der Waals surface area (Å²) in [5.41, 5.74) is 1.17. The Bertz CT molecular complexity index is 338. The Morgan fingerprint density at radius 2 is 2.33 bits per heavy atom. The zero-order valence-electron chi connectivity index (χ0n) is 10.7. The van der Waals surface area contributed by atoms with Gasteiger partial charge in [0, 0.05) is 44.7 Å². The molecule has 1 aliphatic rings. The number of halogens is 2. The summed E-state index contributed by atoms with van der Waals surface area (Å²) in [6, 6.07) is 0.598. The van der Waals surface area contributed by atoms with Gasteiger partial charge in [0.2, 0.25) is 0 Å². The molecule has 1 N–H and O–H groups in total. The zero-order chi connectivity index (χ0) is 11.4. The molecule has 4 nitrogen and oxygen atoms in total. The predicted octanol–water partition coefficient (Wildman–Crippen LogP) is 1.93. The number of rotatable bonds is 4. The van der Waals surface area contributed by atoms with E-state index in [1.165, 1.54) is 5.69 Å². The Morgan fingerprint density at radius 1 is 1.56 bits per heavy atom. The Balaban J connectivity index is 0.00000144. The minimum Gasteiger partial charge on any atom is -0.378 e. The Labute approximate surface area is 125 Å². The molecule has 1 aromatic heterocycles. The fourth-order valence-electron chi connectivity index (χ4n) is 1.94. The fourth-order valence-corrected chi connectivity index (χ4v) is 2.69. The van der Waals surface area contributed by atoms with E-state index in [0.717, 1.165) is 31.2 Å². The molecule has 18 heavy (non-hydrogen) atoms. The summed E-state index contributed by atoms with van der Waals surface area (Å²) in [5.74, 6) is 0. The number of aromatic nitrogens is 1. The third kappa shape index (κ3) is 4.99. The van der Waals surface area contributed by atoms with Crippen molar-refractivity contribution in [1.82, 2.24) is 15.2 Å². The summed E-state index contributed by atoms with van der Waals surface area (Å²) < 4.78 is 5.08. The van der Waals surface area contributed by atoms with Gasteiger partial charge in [0.25, 0.3) is 0 Å². The average Bonchev–Trinajstić information content (AvgIpc) is 2.70. The van der Waals surface area contributed by atoms with Crippen LogP contribution in [0.1, 0.15) is 17.6 Å². The minimum absolute atomic E-state index is 0. The third-order valence-electron chi connectivity index (χ3n) is 2.87. The van der Waals surface area contributed by atoms with Crippen molar-refractivity contribution < 1.29 is 4.74 Å². The first kappa shape index (κ1) is 18.1. The lowest BCUT2D eigenvalue weighted by atomic mass is 10.2. The Morgan fingerprint density at radius 3 is 3.00 bits per heavy atom. The van der Waals surface area contributed by atoms with E-state index in [0.29, 0.717) is 12.6 Å². The molecular weight excluding hydrogens is 293 g/mol. The second-order valence-corrected chi connectivity index (χ2v) is 5.13. The zero-order valence-corrected chi connectivity index (χ0v) is 13.2. The standard InChI is InChI=1S/C11H19N3OS.2ClH/c1-9-5-12-3-4-14(9)6-10-8-16-11(13-10)7-15-2;;/h8-9,12H,3-7H2,1-2H3;2*1H/t9-;;/m1../s1. The maximum Gasteiger partial charge on any atom is 0.119 e. The molecule has 0 aromatic carbocycles. The molecule has 0 bridgehead atoms. The summed E-state index contributed by atoms with van der Waals surface area (Å²) in [7, 11) is 1.71. The lowest BCUT2D eigenvalue weighted by Gasteiger charge is -2.33. The van der Waals surface area contributed by atoms with Gasteiger partial charge in [-0.25, -0.2) is 4.98 Å². The predicted molar refractivity (Wildman–Crippen MR) is 80.1 cm³/mol. The van der Waals surface area contributed by atoms with Gasteiger partial charge in [-0.15, -0.1) is 36.2 Å². The second kappa shape index (κ2) is 9.07. The summed E-state index contributed by atoms with van der Waals surface area (Å²) >= 11 is 1.69. The van der Waals surface area contributed by atoms with Crippen LogP contribution < -0.4 is 5.32 Å². The van der Waals surface area contributed by atoms with E-state index in [1.54, 1.807) is 18.4 Å². The van der Waals surface area contributed by atoms with E-state index in [9.17, 15) is 0 Å². The first-order chi connectivity index (χ1) is 7.79. The van der Waals surface area contributed by atoms with Gasteiger partial charge in [-0.1, -0.05) is 0 Å². The number of ether oxygens (including phenoxy) is 1. The van der Waals surface area contributed by atoms with Crippen LogP contribution in [0, 0.1) is 0 Å². The van der Waals surface area contributed by atoms with Crippen LogP contribution in [-0.2, 0) is 17.9 Å². The van der Waals surface area contributed by atoms with Gasteiger partial charge >= 0.3 is 0 Å². The summed E-state index contributed by atoms with van der Waals surface area (Å²) in [6.45, 7) is 7.12. The molecule has 0 unspecified atom stereocenters.